The smallest absolute Gasteiger partial charge is 0.339 e. The highest BCUT2D eigenvalue weighted by molar-refractivity contribution is 7.13. The molecule has 0 fully saturated rings. The number of para-hydroxylation sites is 1. The minimum absolute atomic E-state index is 0.232. The largest absolute Gasteiger partial charge is 0.452 e. The van der Waals surface area contributed by atoms with Gasteiger partial charge < -0.3 is 15.4 Å². The van der Waals surface area contributed by atoms with Gasteiger partial charge in [0.1, 0.15) is 0 Å². The number of amides is 2. The average Bonchev–Trinajstić information content (AvgIpc) is 3.38. The number of fused-ring (bicyclic) bond motifs is 1. The van der Waals surface area contributed by atoms with Gasteiger partial charge in [0.05, 0.1) is 28.2 Å². The van der Waals surface area contributed by atoms with E-state index in [1.807, 2.05) is 61.7 Å². The first-order chi connectivity index (χ1) is 16.4. The van der Waals surface area contributed by atoms with Gasteiger partial charge in [0, 0.05) is 11.1 Å². The summed E-state index contributed by atoms with van der Waals surface area (Å²) in [4.78, 5) is 42.8. The molecule has 172 valence electrons. The molecular formula is C26H23N3O4S. The van der Waals surface area contributed by atoms with Crippen molar-refractivity contribution in [1.82, 2.24) is 10.3 Å². The highest BCUT2D eigenvalue weighted by Gasteiger charge is 2.17. The van der Waals surface area contributed by atoms with Crippen molar-refractivity contribution < 1.29 is 19.1 Å². The summed E-state index contributed by atoms with van der Waals surface area (Å²) in [5, 5.41) is 7.82. The molecule has 8 heteroatoms. The van der Waals surface area contributed by atoms with Crippen molar-refractivity contribution >= 4 is 45.7 Å². The lowest BCUT2D eigenvalue weighted by atomic mass is 10.1. The van der Waals surface area contributed by atoms with Crippen molar-refractivity contribution in [2.45, 2.75) is 13.8 Å². The lowest BCUT2D eigenvalue weighted by Crippen LogP contribution is -2.35. The highest BCUT2D eigenvalue weighted by Crippen LogP contribution is 2.28. The van der Waals surface area contributed by atoms with Crippen LogP contribution >= 0.6 is 11.3 Å². The first kappa shape index (κ1) is 23.1. The summed E-state index contributed by atoms with van der Waals surface area (Å²) in [5.74, 6) is -1.57. The van der Waals surface area contributed by atoms with Crippen LogP contribution in [0.5, 0.6) is 0 Å². The van der Waals surface area contributed by atoms with Gasteiger partial charge in [-0.2, -0.15) is 0 Å². The lowest BCUT2D eigenvalue weighted by Gasteiger charge is -2.11. The van der Waals surface area contributed by atoms with Gasteiger partial charge in [-0.05, 0) is 54.6 Å². The summed E-state index contributed by atoms with van der Waals surface area (Å²) in [7, 11) is 0. The molecule has 0 unspecified atom stereocenters. The van der Waals surface area contributed by atoms with E-state index in [2.05, 4.69) is 15.6 Å². The molecule has 0 aliphatic rings. The SMILES string of the molecule is Cc1cccc(NC(=O)CNC(=O)COC(=O)c2cc(-c3cccs3)nc3ccccc23)c1C. The Morgan fingerprint density at radius 3 is 2.59 bits per heavy atom. The van der Waals surface area contributed by atoms with Gasteiger partial charge in [-0.15, -0.1) is 11.3 Å². The average molecular weight is 474 g/mol. The molecule has 2 amide bonds. The van der Waals surface area contributed by atoms with E-state index in [-0.39, 0.29) is 12.5 Å². The molecule has 2 aromatic carbocycles. The third-order valence-electron chi connectivity index (χ3n) is 5.37. The van der Waals surface area contributed by atoms with Crippen molar-refractivity contribution in [2.24, 2.45) is 0 Å². The lowest BCUT2D eigenvalue weighted by molar-refractivity contribution is -0.126. The number of benzene rings is 2. The van der Waals surface area contributed by atoms with Gasteiger partial charge in [-0.1, -0.05) is 36.4 Å². The van der Waals surface area contributed by atoms with Gasteiger partial charge in [0.15, 0.2) is 6.61 Å². The molecule has 4 aromatic rings. The maximum atomic E-state index is 12.8. The van der Waals surface area contributed by atoms with E-state index in [0.717, 1.165) is 16.0 Å². The Hall–Kier alpha value is -4.04. The fourth-order valence-electron chi connectivity index (χ4n) is 3.41. The molecule has 0 radical (unpaired) electrons. The predicted octanol–water partition coefficient (Wildman–Crippen LogP) is 4.49. The van der Waals surface area contributed by atoms with Crippen LogP contribution in [0.15, 0.2) is 66.0 Å². The molecule has 0 saturated carbocycles. The second-order valence-corrected chi connectivity index (χ2v) is 8.65. The van der Waals surface area contributed by atoms with Crippen molar-refractivity contribution in [2.75, 3.05) is 18.5 Å². The third-order valence-corrected chi connectivity index (χ3v) is 6.26. The van der Waals surface area contributed by atoms with E-state index in [0.29, 0.717) is 27.8 Å². The Morgan fingerprint density at radius 2 is 1.79 bits per heavy atom. The van der Waals surface area contributed by atoms with Gasteiger partial charge in [0.2, 0.25) is 5.91 Å². The fourth-order valence-corrected chi connectivity index (χ4v) is 4.10. The van der Waals surface area contributed by atoms with Crippen molar-refractivity contribution in [3.8, 4) is 10.6 Å². The normalized spacial score (nSPS) is 10.6. The summed E-state index contributed by atoms with van der Waals surface area (Å²) < 4.78 is 5.25. The molecule has 34 heavy (non-hydrogen) atoms. The van der Waals surface area contributed by atoms with Gasteiger partial charge >= 0.3 is 5.97 Å². The van der Waals surface area contributed by atoms with E-state index < -0.39 is 18.5 Å². The van der Waals surface area contributed by atoms with Crippen LogP contribution in [0.3, 0.4) is 0 Å². The molecule has 2 aromatic heterocycles. The van der Waals surface area contributed by atoms with Crippen LogP contribution in [0.1, 0.15) is 21.5 Å². The number of ether oxygens (including phenoxy) is 1. The number of aryl methyl sites for hydroxylation is 1. The Kier molecular flexibility index (Phi) is 6.98. The van der Waals surface area contributed by atoms with E-state index in [1.165, 1.54) is 11.3 Å². The third kappa shape index (κ3) is 5.29. The van der Waals surface area contributed by atoms with Gasteiger partial charge in [-0.25, -0.2) is 9.78 Å². The molecule has 0 saturated heterocycles. The Bertz CT molecular complexity index is 1370. The number of rotatable bonds is 7. The number of anilines is 1. The van der Waals surface area contributed by atoms with Crippen molar-refractivity contribution in [1.29, 1.82) is 0 Å². The minimum Gasteiger partial charge on any atom is -0.452 e. The monoisotopic (exact) mass is 473 g/mol. The molecule has 0 aliphatic carbocycles. The Balaban J connectivity index is 1.37. The number of carbonyl (C=O) groups excluding carboxylic acids is 3. The second kappa shape index (κ2) is 10.3. The predicted molar refractivity (Wildman–Crippen MR) is 133 cm³/mol. The number of thiophene rings is 1. The molecular weight excluding hydrogens is 450 g/mol. The molecule has 7 nitrogen and oxygen atoms in total. The summed E-state index contributed by atoms with van der Waals surface area (Å²) in [6.07, 6.45) is 0. The van der Waals surface area contributed by atoms with E-state index >= 15 is 0 Å². The number of pyridine rings is 1. The van der Waals surface area contributed by atoms with Crippen LogP contribution in [0.2, 0.25) is 0 Å². The van der Waals surface area contributed by atoms with Crippen LogP contribution in [0.4, 0.5) is 5.69 Å². The number of nitrogens with one attached hydrogen (secondary N) is 2. The van der Waals surface area contributed by atoms with Crippen LogP contribution in [-0.2, 0) is 14.3 Å². The van der Waals surface area contributed by atoms with E-state index in [1.54, 1.807) is 18.2 Å². The number of carbonyl (C=O) groups is 3. The molecule has 0 aliphatic heterocycles. The van der Waals surface area contributed by atoms with E-state index in [4.69, 9.17) is 4.74 Å². The summed E-state index contributed by atoms with van der Waals surface area (Å²) in [6, 6.07) is 18.4. The molecule has 0 atom stereocenters. The van der Waals surface area contributed by atoms with Crippen LogP contribution in [-0.4, -0.2) is 35.9 Å². The minimum atomic E-state index is -0.633. The number of nitrogens with zero attached hydrogens (tertiary/aromatic N) is 1. The fraction of sp³-hybridized carbons (Fsp3) is 0.154. The number of aromatic nitrogens is 1. The van der Waals surface area contributed by atoms with Gasteiger partial charge in [0.25, 0.3) is 5.91 Å². The summed E-state index contributed by atoms with van der Waals surface area (Å²) in [6.45, 7) is 3.14. The first-order valence-electron chi connectivity index (χ1n) is 10.7. The second-order valence-electron chi connectivity index (χ2n) is 7.70. The summed E-state index contributed by atoms with van der Waals surface area (Å²) >= 11 is 1.52. The van der Waals surface area contributed by atoms with Crippen LogP contribution < -0.4 is 10.6 Å². The van der Waals surface area contributed by atoms with Crippen LogP contribution in [0, 0.1) is 13.8 Å². The molecule has 2 heterocycles. The zero-order valence-corrected chi connectivity index (χ0v) is 19.6. The Morgan fingerprint density at radius 1 is 0.971 bits per heavy atom. The van der Waals surface area contributed by atoms with Crippen molar-refractivity contribution in [3.63, 3.8) is 0 Å². The quantitative estimate of drug-likeness (QED) is 0.386. The summed E-state index contributed by atoms with van der Waals surface area (Å²) in [5.41, 5.74) is 4.36. The zero-order valence-electron chi connectivity index (χ0n) is 18.8. The van der Waals surface area contributed by atoms with Crippen molar-refractivity contribution in [3.05, 3.63) is 82.7 Å². The number of esters is 1. The zero-order chi connectivity index (χ0) is 24.1. The Labute approximate surface area is 200 Å². The van der Waals surface area contributed by atoms with E-state index in [9.17, 15) is 14.4 Å². The highest BCUT2D eigenvalue weighted by atomic mass is 32.1. The standard InChI is InChI=1S/C26H23N3O4S/c1-16-7-5-10-20(17(16)2)29-24(30)14-27-25(31)15-33-26(32)19-13-22(23-11-6-12-34-23)28-21-9-4-3-8-18(19)21/h3-13H,14-15H2,1-2H3,(H,27,31)(H,29,30). The maximum Gasteiger partial charge on any atom is 0.339 e. The maximum absolute atomic E-state index is 12.8. The number of hydrogen-bond acceptors (Lipinski definition) is 6. The molecule has 4 rings (SSSR count). The molecule has 2 N–H and O–H groups in total. The molecule has 0 bridgehead atoms. The molecule has 0 spiro atoms. The number of hydrogen-bond donors (Lipinski definition) is 2. The van der Waals surface area contributed by atoms with Crippen LogP contribution in [0.25, 0.3) is 21.5 Å². The first-order valence-corrected chi connectivity index (χ1v) is 11.5. The van der Waals surface area contributed by atoms with Gasteiger partial charge in [-0.3, -0.25) is 9.59 Å². The topological polar surface area (TPSA) is 97.4 Å².